The van der Waals surface area contributed by atoms with Gasteiger partial charge < -0.3 is 10.2 Å². The molecule has 1 aliphatic rings. The standard InChI is InChI=1S/C5H3NO6S/c7-4(8)2-1-3(5(9)10)13(11,12)6-2/h1H,(H,7,8)(H,9,10). The second kappa shape index (κ2) is 2.66. The van der Waals surface area contributed by atoms with Crippen LogP contribution in [0.15, 0.2) is 15.4 Å². The summed E-state index contributed by atoms with van der Waals surface area (Å²) in [7, 11) is -4.31. The summed E-state index contributed by atoms with van der Waals surface area (Å²) in [5.74, 6) is -3.31. The summed E-state index contributed by atoms with van der Waals surface area (Å²) < 4.78 is 24.4. The van der Waals surface area contributed by atoms with Gasteiger partial charge in [0.15, 0.2) is 10.6 Å². The summed E-state index contributed by atoms with van der Waals surface area (Å²) in [4.78, 5) is 19.5. The van der Waals surface area contributed by atoms with E-state index in [1.54, 1.807) is 0 Å². The lowest BCUT2D eigenvalue weighted by Crippen LogP contribution is -2.07. The summed E-state index contributed by atoms with van der Waals surface area (Å²) in [6.07, 6.45) is 0.500. The summed E-state index contributed by atoms with van der Waals surface area (Å²) in [6.45, 7) is 0. The number of hydrogen-bond donors (Lipinski definition) is 2. The van der Waals surface area contributed by atoms with E-state index in [4.69, 9.17) is 10.2 Å². The fourth-order valence-corrected chi connectivity index (χ4v) is 1.65. The van der Waals surface area contributed by atoms with Crippen LogP contribution in [-0.2, 0) is 19.6 Å². The smallest absolute Gasteiger partial charge is 0.355 e. The van der Waals surface area contributed by atoms with E-state index in [0.29, 0.717) is 6.08 Å². The molecule has 0 aromatic carbocycles. The van der Waals surface area contributed by atoms with E-state index in [9.17, 15) is 18.0 Å². The summed E-state index contributed by atoms with van der Waals surface area (Å²) >= 11 is 0. The number of nitrogens with zero attached hydrogens (tertiary/aromatic N) is 1. The molecule has 1 rings (SSSR count). The molecular weight excluding hydrogens is 202 g/mol. The number of aliphatic carboxylic acids is 2. The van der Waals surface area contributed by atoms with Gasteiger partial charge in [0.1, 0.15) is 0 Å². The largest absolute Gasteiger partial charge is 0.477 e. The number of hydrogen-bond acceptors (Lipinski definition) is 4. The summed E-state index contributed by atoms with van der Waals surface area (Å²) in [6, 6.07) is 0. The zero-order valence-electron chi connectivity index (χ0n) is 5.96. The van der Waals surface area contributed by atoms with E-state index < -0.39 is 32.6 Å². The Kier molecular flexibility index (Phi) is 1.92. The maximum atomic E-state index is 10.8. The monoisotopic (exact) mass is 205 g/mol. The van der Waals surface area contributed by atoms with Crippen LogP contribution in [0.4, 0.5) is 0 Å². The molecule has 0 atom stereocenters. The van der Waals surface area contributed by atoms with E-state index in [1.807, 2.05) is 0 Å². The van der Waals surface area contributed by atoms with Gasteiger partial charge >= 0.3 is 11.9 Å². The zero-order valence-corrected chi connectivity index (χ0v) is 6.78. The molecule has 7 nitrogen and oxygen atoms in total. The van der Waals surface area contributed by atoms with E-state index >= 15 is 0 Å². The minimum Gasteiger partial charge on any atom is -0.477 e. The lowest BCUT2D eigenvalue weighted by atomic mass is 10.3. The van der Waals surface area contributed by atoms with Crippen molar-refractivity contribution in [2.75, 3.05) is 0 Å². The van der Waals surface area contributed by atoms with Gasteiger partial charge in [-0.15, -0.1) is 0 Å². The first-order chi connectivity index (χ1) is 5.84. The normalized spacial score (nSPS) is 19.1. The van der Waals surface area contributed by atoms with Crippen molar-refractivity contribution in [2.45, 2.75) is 0 Å². The summed E-state index contributed by atoms with van der Waals surface area (Å²) in [5.41, 5.74) is -0.794. The molecule has 70 valence electrons. The molecule has 0 saturated heterocycles. The third-order valence-electron chi connectivity index (χ3n) is 1.19. The van der Waals surface area contributed by atoms with Crippen molar-refractivity contribution in [1.82, 2.24) is 0 Å². The highest BCUT2D eigenvalue weighted by molar-refractivity contribution is 7.95. The molecule has 1 aliphatic heterocycles. The van der Waals surface area contributed by atoms with E-state index in [2.05, 4.69) is 4.40 Å². The average molecular weight is 205 g/mol. The molecule has 0 bridgehead atoms. The predicted octanol–water partition coefficient (Wildman–Crippen LogP) is -1.18. The van der Waals surface area contributed by atoms with Crippen LogP contribution in [-0.4, -0.2) is 36.3 Å². The minimum absolute atomic E-state index is 0.500. The molecule has 0 aromatic rings. The van der Waals surface area contributed by atoms with E-state index in [-0.39, 0.29) is 0 Å². The van der Waals surface area contributed by atoms with Crippen LogP contribution in [0.5, 0.6) is 0 Å². The van der Waals surface area contributed by atoms with Gasteiger partial charge in [-0.1, -0.05) is 0 Å². The van der Waals surface area contributed by atoms with Crippen LogP contribution >= 0.6 is 0 Å². The first kappa shape index (κ1) is 9.39. The molecule has 0 aromatic heterocycles. The topological polar surface area (TPSA) is 121 Å². The number of rotatable bonds is 2. The Balaban J connectivity index is 3.28. The van der Waals surface area contributed by atoms with Gasteiger partial charge in [0, 0.05) is 6.08 Å². The van der Waals surface area contributed by atoms with Crippen molar-refractivity contribution in [3.05, 3.63) is 11.0 Å². The Bertz CT molecular complexity index is 442. The molecule has 0 unspecified atom stereocenters. The zero-order chi connectivity index (χ0) is 10.2. The van der Waals surface area contributed by atoms with Crippen LogP contribution in [0.25, 0.3) is 0 Å². The van der Waals surface area contributed by atoms with Crippen molar-refractivity contribution in [3.63, 3.8) is 0 Å². The van der Waals surface area contributed by atoms with Gasteiger partial charge in [0.05, 0.1) is 0 Å². The lowest BCUT2D eigenvalue weighted by molar-refractivity contribution is -0.132. The second-order valence-corrected chi connectivity index (χ2v) is 3.64. The second-order valence-electron chi connectivity index (χ2n) is 2.07. The fraction of sp³-hybridized carbons (Fsp3) is 0. The molecule has 0 spiro atoms. The maximum absolute atomic E-state index is 10.8. The Labute approximate surface area is 72.1 Å². The number of carboxylic acids is 2. The van der Waals surface area contributed by atoms with Crippen molar-refractivity contribution in [3.8, 4) is 0 Å². The van der Waals surface area contributed by atoms with E-state index in [1.165, 1.54) is 0 Å². The molecule has 0 saturated carbocycles. The van der Waals surface area contributed by atoms with Gasteiger partial charge in [-0.2, -0.15) is 12.8 Å². The third kappa shape index (κ3) is 1.56. The number of sulfonamides is 1. The maximum Gasteiger partial charge on any atom is 0.355 e. The van der Waals surface area contributed by atoms with Crippen LogP contribution in [0.1, 0.15) is 0 Å². The molecule has 0 fully saturated rings. The molecule has 13 heavy (non-hydrogen) atoms. The van der Waals surface area contributed by atoms with Crippen molar-refractivity contribution in [1.29, 1.82) is 0 Å². The highest BCUT2D eigenvalue weighted by atomic mass is 32.2. The minimum atomic E-state index is -4.31. The van der Waals surface area contributed by atoms with Crippen LogP contribution in [0, 0.1) is 0 Å². The summed E-state index contributed by atoms with van der Waals surface area (Å²) in [5, 5.41) is 16.6. The van der Waals surface area contributed by atoms with Crippen LogP contribution in [0.2, 0.25) is 0 Å². The van der Waals surface area contributed by atoms with Gasteiger partial charge in [0.25, 0.3) is 10.0 Å². The molecule has 8 heteroatoms. The molecule has 2 N–H and O–H groups in total. The molecule has 0 aliphatic carbocycles. The number of carboxylic acid groups (broad SMARTS) is 2. The van der Waals surface area contributed by atoms with Crippen molar-refractivity contribution >= 4 is 27.7 Å². The molecule has 1 heterocycles. The van der Waals surface area contributed by atoms with Gasteiger partial charge in [-0.05, 0) is 0 Å². The van der Waals surface area contributed by atoms with Crippen LogP contribution < -0.4 is 0 Å². The van der Waals surface area contributed by atoms with Gasteiger partial charge in [0.2, 0.25) is 0 Å². The quantitative estimate of drug-likeness (QED) is 0.585. The Morgan fingerprint density at radius 2 is 1.77 bits per heavy atom. The Morgan fingerprint density at radius 1 is 1.23 bits per heavy atom. The highest BCUT2D eigenvalue weighted by Crippen LogP contribution is 2.16. The predicted molar refractivity (Wildman–Crippen MR) is 39.7 cm³/mol. The first-order valence-electron chi connectivity index (χ1n) is 2.88. The van der Waals surface area contributed by atoms with Crippen molar-refractivity contribution in [2.24, 2.45) is 4.40 Å². The highest BCUT2D eigenvalue weighted by Gasteiger charge is 2.32. The molecule has 0 radical (unpaired) electrons. The fourth-order valence-electron chi connectivity index (χ4n) is 0.676. The average Bonchev–Trinajstić information content (AvgIpc) is 2.25. The SMILES string of the molecule is O=C(O)C1=CC(C(=O)O)=NS1(=O)=O. The van der Waals surface area contributed by atoms with Gasteiger partial charge in [-0.3, -0.25) is 0 Å². The van der Waals surface area contributed by atoms with E-state index in [0.717, 1.165) is 0 Å². The Hall–Kier alpha value is -1.70. The van der Waals surface area contributed by atoms with Gasteiger partial charge in [-0.25, -0.2) is 9.59 Å². The number of carbonyl (C=O) groups is 2. The molecular formula is C5H3NO6S. The molecule has 0 amide bonds. The van der Waals surface area contributed by atoms with Crippen molar-refractivity contribution < 1.29 is 28.2 Å². The first-order valence-corrected chi connectivity index (χ1v) is 4.32. The lowest BCUT2D eigenvalue weighted by Gasteiger charge is -1.89. The third-order valence-corrected chi connectivity index (χ3v) is 2.48. The Morgan fingerprint density at radius 3 is 2.00 bits per heavy atom. The van der Waals surface area contributed by atoms with Crippen LogP contribution in [0.3, 0.4) is 0 Å².